The maximum Gasteiger partial charge on any atom is 0.322 e. The number of methoxy groups -OCH3 is 1. The SMILES string of the molecule is CCOc1cc(C(CS(C)(=O)=O)C2c3ccc[c]c3C(=O)N2C(N)=O)ccc1OC. The lowest BCUT2D eigenvalue weighted by atomic mass is 9.88. The molecule has 3 amide bonds. The van der Waals surface area contributed by atoms with Crippen molar-refractivity contribution >= 4 is 21.8 Å². The summed E-state index contributed by atoms with van der Waals surface area (Å²) in [6, 6.07) is 11.0. The Balaban J connectivity index is 2.20. The number of benzene rings is 2. The molecule has 0 bridgehead atoms. The summed E-state index contributed by atoms with van der Waals surface area (Å²) in [6.45, 7) is 2.19. The molecule has 2 atom stereocenters. The highest BCUT2D eigenvalue weighted by atomic mass is 32.2. The molecule has 0 spiro atoms. The van der Waals surface area contributed by atoms with Crippen LogP contribution >= 0.6 is 0 Å². The third-order valence-corrected chi connectivity index (χ3v) is 5.90. The molecule has 9 heteroatoms. The van der Waals surface area contributed by atoms with E-state index in [0.29, 0.717) is 29.2 Å². The Kier molecular flexibility index (Phi) is 6.02. The number of urea groups is 1. The number of primary amides is 1. The van der Waals surface area contributed by atoms with Crippen molar-refractivity contribution in [2.45, 2.75) is 18.9 Å². The van der Waals surface area contributed by atoms with Gasteiger partial charge in [-0.3, -0.25) is 9.69 Å². The van der Waals surface area contributed by atoms with Crippen molar-refractivity contribution in [3.8, 4) is 11.5 Å². The molecule has 2 N–H and O–H groups in total. The Bertz CT molecular complexity index is 1080. The standard InChI is InChI=1S/C21H23N2O6S/c1-4-29-18-11-13(9-10-17(18)28-2)16(12-30(3,26)27)19-14-7-5-6-8-15(14)20(24)23(19)21(22)25/h5-7,9-11,16,19H,4,12H2,1-3H3,(H2,22,25). The molecule has 0 saturated carbocycles. The molecule has 2 aromatic rings. The van der Waals surface area contributed by atoms with E-state index in [9.17, 15) is 18.0 Å². The van der Waals surface area contributed by atoms with Crippen LogP contribution in [-0.4, -0.2) is 51.0 Å². The average Bonchev–Trinajstić information content (AvgIpc) is 2.98. The van der Waals surface area contributed by atoms with E-state index in [4.69, 9.17) is 15.2 Å². The summed E-state index contributed by atoms with van der Waals surface area (Å²) in [7, 11) is -1.99. The second kappa shape index (κ2) is 8.35. The van der Waals surface area contributed by atoms with Crippen LogP contribution in [0.15, 0.2) is 36.4 Å². The number of carbonyl (C=O) groups excluding carboxylic acids is 2. The first-order valence-electron chi connectivity index (χ1n) is 9.30. The summed E-state index contributed by atoms with van der Waals surface area (Å²) >= 11 is 0. The third kappa shape index (κ3) is 4.11. The van der Waals surface area contributed by atoms with Crippen molar-refractivity contribution in [2.24, 2.45) is 5.73 Å². The highest BCUT2D eigenvalue weighted by Gasteiger charge is 2.45. The maximum atomic E-state index is 12.8. The lowest BCUT2D eigenvalue weighted by Crippen LogP contribution is -2.41. The number of carbonyl (C=O) groups is 2. The number of nitrogens with zero attached hydrogens (tertiary/aromatic N) is 1. The topological polar surface area (TPSA) is 116 Å². The van der Waals surface area contributed by atoms with E-state index >= 15 is 0 Å². The lowest BCUT2D eigenvalue weighted by molar-refractivity contribution is 0.0776. The second-order valence-electron chi connectivity index (χ2n) is 7.00. The van der Waals surface area contributed by atoms with E-state index in [1.54, 1.807) is 36.4 Å². The number of sulfone groups is 1. The van der Waals surface area contributed by atoms with Crippen molar-refractivity contribution in [3.63, 3.8) is 0 Å². The molecule has 3 rings (SSSR count). The molecule has 8 nitrogen and oxygen atoms in total. The zero-order valence-electron chi connectivity index (χ0n) is 16.9. The fourth-order valence-electron chi connectivity index (χ4n) is 3.79. The van der Waals surface area contributed by atoms with E-state index in [0.717, 1.165) is 11.2 Å². The highest BCUT2D eigenvalue weighted by molar-refractivity contribution is 7.90. The van der Waals surface area contributed by atoms with E-state index in [1.807, 2.05) is 6.92 Å². The number of amides is 3. The molecule has 1 aliphatic rings. The molecule has 2 unspecified atom stereocenters. The van der Waals surface area contributed by atoms with E-state index in [1.165, 1.54) is 7.11 Å². The van der Waals surface area contributed by atoms with Gasteiger partial charge in [0.2, 0.25) is 0 Å². The summed E-state index contributed by atoms with van der Waals surface area (Å²) in [5, 5.41) is 0. The molecule has 0 saturated heterocycles. The Morgan fingerprint density at radius 3 is 2.63 bits per heavy atom. The van der Waals surface area contributed by atoms with E-state index in [2.05, 4.69) is 6.07 Å². The van der Waals surface area contributed by atoms with Crippen molar-refractivity contribution < 1.29 is 27.5 Å². The third-order valence-electron chi connectivity index (χ3n) is 4.93. The van der Waals surface area contributed by atoms with Gasteiger partial charge in [-0.2, -0.15) is 0 Å². The van der Waals surface area contributed by atoms with Gasteiger partial charge in [-0.05, 0) is 36.2 Å². The molecule has 1 heterocycles. The van der Waals surface area contributed by atoms with Gasteiger partial charge >= 0.3 is 6.03 Å². The normalized spacial score (nSPS) is 16.8. The van der Waals surface area contributed by atoms with Gasteiger partial charge in [-0.15, -0.1) is 0 Å². The van der Waals surface area contributed by atoms with Crippen LogP contribution in [0.25, 0.3) is 0 Å². The Labute approximate surface area is 175 Å². The molecule has 2 aromatic carbocycles. The van der Waals surface area contributed by atoms with Gasteiger partial charge in [0.25, 0.3) is 5.91 Å². The molecule has 0 fully saturated rings. The van der Waals surface area contributed by atoms with Gasteiger partial charge in [0.1, 0.15) is 9.84 Å². The quantitative estimate of drug-likeness (QED) is 0.719. The van der Waals surface area contributed by atoms with Crippen molar-refractivity contribution in [1.29, 1.82) is 0 Å². The van der Waals surface area contributed by atoms with Crippen LogP contribution < -0.4 is 15.2 Å². The van der Waals surface area contributed by atoms with Crippen molar-refractivity contribution in [1.82, 2.24) is 4.90 Å². The predicted molar refractivity (Wildman–Crippen MR) is 110 cm³/mol. The van der Waals surface area contributed by atoms with E-state index in [-0.39, 0.29) is 11.3 Å². The van der Waals surface area contributed by atoms with Crippen LogP contribution in [-0.2, 0) is 9.84 Å². The first-order valence-corrected chi connectivity index (χ1v) is 11.4. The number of rotatable bonds is 7. The summed E-state index contributed by atoms with van der Waals surface area (Å²) in [6.07, 6.45) is 1.11. The van der Waals surface area contributed by atoms with E-state index < -0.39 is 33.7 Å². The molecule has 159 valence electrons. The number of nitrogens with two attached hydrogens (primary N) is 1. The largest absolute Gasteiger partial charge is 0.493 e. The zero-order valence-corrected chi connectivity index (χ0v) is 17.7. The van der Waals surface area contributed by atoms with Gasteiger partial charge in [0, 0.05) is 12.2 Å². The maximum absolute atomic E-state index is 12.8. The average molecular weight is 431 g/mol. The van der Waals surface area contributed by atoms with Crippen LogP contribution in [0.4, 0.5) is 4.79 Å². The number of hydrogen-bond acceptors (Lipinski definition) is 6. The minimum absolute atomic E-state index is 0.207. The highest BCUT2D eigenvalue weighted by Crippen LogP contribution is 2.45. The van der Waals surface area contributed by atoms with Gasteiger partial charge in [0.15, 0.2) is 11.5 Å². The molecule has 1 aliphatic heterocycles. The smallest absolute Gasteiger partial charge is 0.322 e. The molecule has 30 heavy (non-hydrogen) atoms. The summed E-state index contributed by atoms with van der Waals surface area (Å²) in [5.74, 6) is -0.743. The molecule has 0 aromatic heterocycles. The van der Waals surface area contributed by atoms with Crippen molar-refractivity contribution in [2.75, 3.05) is 25.7 Å². The fraction of sp³-hybridized carbons (Fsp3) is 0.333. The minimum Gasteiger partial charge on any atom is -0.493 e. The molecular weight excluding hydrogens is 408 g/mol. The fourth-order valence-corrected chi connectivity index (χ4v) is 4.82. The van der Waals surface area contributed by atoms with Gasteiger partial charge in [-0.1, -0.05) is 24.3 Å². The van der Waals surface area contributed by atoms with Crippen LogP contribution in [0.2, 0.25) is 0 Å². The molecule has 0 aliphatic carbocycles. The van der Waals surface area contributed by atoms with Crippen LogP contribution in [0.5, 0.6) is 11.5 Å². The first kappa shape index (κ1) is 21.6. The van der Waals surface area contributed by atoms with Gasteiger partial charge in [0.05, 0.1) is 31.1 Å². The summed E-state index contributed by atoms with van der Waals surface area (Å²) < 4.78 is 35.5. The predicted octanol–water partition coefficient (Wildman–Crippen LogP) is 2.30. The monoisotopic (exact) mass is 431 g/mol. The van der Waals surface area contributed by atoms with Crippen LogP contribution in [0.1, 0.15) is 40.4 Å². The Morgan fingerprint density at radius 1 is 1.30 bits per heavy atom. The summed E-state index contributed by atoms with van der Waals surface area (Å²) in [5.41, 5.74) is 6.80. The van der Waals surface area contributed by atoms with Gasteiger partial charge < -0.3 is 15.2 Å². The van der Waals surface area contributed by atoms with Crippen LogP contribution in [0, 0.1) is 6.07 Å². The number of ether oxygens (including phenoxy) is 2. The Morgan fingerprint density at radius 2 is 2.03 bits per heavy atom. The molecular formula is C21H23N2O6S. The molecule has 1 radical (unpaired) electrons. The first-order chi connectivity index (χ1) is 14.2. The zero-order chi connectivity index (χ0) is 22.1. The minimum atomic E-state index is -3.49. The number of hydrogen-bond donors (Lipinski definition) is 1. The van der Waals surface area contributed by atoms with Crippen LogP contribution in [0.3, 0.4) is 0 Å². The second-order valence-corrected chi connectivity index (χ2v) is 9.19. The lowest BCUT2D eigenvalue weighted by Gasteiger charge is -2.30. The number of imide groups is 1. The van der Waals surface area contributed by atoms with Crippen molar-refractivity contribution in [3.05, 3.63) is 59.2 Å². The summed E-state index contributed by atoms with van der Waals surface area (Å²) in [4.78, 5) is 25.9. The number of fused-ring (bicyclic) bond motifs is 1. The van der Waals surface area contributed by atoms with Gasteiger partial charge in [-0.25, -0.2) is 13.2 Å². The Hall–Kier alpha value is -3.07.